The molecule has 0 spiro atoms. The van der Waals surface area contributed by atoms with Crippen molar-refractivity contribution in [1.82, 2.24) is 5.32 Å². The number of Topliss-reactive ketones (excluding diaryl/α,β-unsaturated/α-hetero) is 1. The van der Waals surface area contributed by atoms with Crippen molar-refractivity contribution in [3.8, 4) is 0 Å². The summed E-state index contributed by atoms with van der Waals surface area (Å²) in [6, 6.07) is 12.9. The van der Waals surface area contributed by atoms with Crippen molar-refractivity contribution < 1.29 is 18.8 Å². The zero-order valence-corrected chi connectivity index (χ0v) is 15.5. The Labute approximate surface area is 158 Å². The maximum Gasteiger partial charge on any atom is 0.223 e. The van der Waals surface area contributed by atoms with Gasteiger partial charge in [-0.1, -0.05) is 24.3 Å². The van der Waals surface area contributed by atoms with Crippen LogP contribution < -0.4 is 10.2 Å². The summed E-state index contributed by atoms with van der Waals surface area (Å²) in [6.07, 6.45) is 0.746. The zero-order chi connectivity index (χ0) is 19.8. The third-order valence-electron chi connectivity index (χ3n) is 4.16. The number of ketones is 1. The summed E-state index contributed by atoms with van der Waals surface area (Å²) in [6.45, 7) is 3.54. The maximum absolute atomic E-state index is 12.9. The molecule has 0 atom stereocenters. The summed E-state index contributed by atoms with van der Waals surface area (Å²) in [5.41, 5.74) is 2.04. The second-order valence-electron chi connectivity index (χ2n) is 6.25. The molecule has 0 aliphatic rings. The van der Waals surface area contributed by atoms with E-state index in [2.05, 4.69) is 5.32 Å². The number of halogens is 1. The van der Waals surface area contributed by atoms with Crippen LogP contribution in [0.5, 0.6) is 0 Å². The van der Waals surface area contributed by atoms with Gasteiger partial charge >= 0.3 is 0 Å². The average Bonchev–Trinajstić information content (AvgIpc) is 2.63. The molecule has 0 saturated carbocycles. The number of anilines is 1. The van der Waals surface area contributed by atoms with E-state index in [-0.39, 0.29) is 36.4 Å². The lowest BCUT2D eigenvalue weighted by molar-refractivity contribution is -0.121. The molecule has 0 aliphatic heterocycles. The van der Waals surface area contributed by atoms with Crippen LogP contribution in [0.3, 0.4) is 0 Å². The standard InChI is InChI=1S/C21H23FN2O3/c1-15(25)18-4-3-5-20(14-18)24(16(2)26)13-11-21(27)23-12-10-17-6-8-19(22)9-7-17/h3-9,14H,10-13H2,1-2H3,(H,23,27). The molecule has 27 heavy (non-hydrogen) atoms. The molecule has 0 saturated heterocycles. The van der Waals surface area contributed by atoms with Crippen LogP contribution >= 0.6 is 0 Å². The maximum atomic E-state index is 12.9. The van der Waals surface area contributed by atoms with Crippen LogP contribution in [-0.4, -0.2) is 30.7 Å². The molecule has 142 valence electrons. The van der Waals surface area contributed by atoms with Crippen LogP contribution in [0.4, 0.5) is 10.1 Å². The Morgan fingerprint density at radius 2 is 1.74 bits per heavy atom. The quantitative estimate of drug-likeness (QED) is 0.726. The Bertz CT molecular complexity index is 818. The van der Waals surface area contributed by atoms with Crippen LogP contribution in [0, 0.1) is 5.82 Å². The van der Waals surface area contributed by atoms with Crippen LogP contribution in [0.15, 0.2) is 48.5 Å². The molecule has 5 nitrogen and oxygen atoms in total. The van der Waals surface area contributed by atoms with Gasteiger partial charge in [0.1, 0.15) is 5.82 Å². The third kappa shape index (κ3) is 6.33. The molecule has 6 heteroatoms. The highest BCUT2D eigenvalue weighted by atomic mass is 19.1. The number of rotatable bonds is 8. The minimum Gasteiger partial charge on any atom is -0.356 e. The first-order valence-corrected chi connectivity index (χ1v) is 8.77. The van der Waals surface area contributed by atoms with E-state index >= 15 is 0 Å². The first kappa shape index (κ1) is 20.3. The first-order valence-electron chi connectivity index (χ1n) is 8.77. The van der Waals surface area contributed by atoms with Gasteiger partial charge in [-0.25, -0.2) is 4.39 Å². The topological polar surface area (TPSA) is 66.5 Å². The van der Waals surface area contributed by atoms with E-state index in [1.165, 1.54) is 30.9 Å². The molecule has 0 radical (unpaired) electrons. The Morgan fingerprint density at radius 3 is 2.37 bits per heavy atom. The molecule has 2 aromatic carbocycles. The monoisotopic (exact) mass is 370 g/mol. The van der Waals surface area contributed by atoms with Gasteiger partial charge in [-0.3, -0.25) is 14.4 Å². The fourth-order valence-corrected chi connectivity index (χ4v) is 2.66. The molecule has 2 aromatic rings. The van der Waals surface area contributed by atoms with Crippen molar-refractivity contribution >= 4 is 23.3 Å². The minimum atomic E-state index is -0.291. The predicted octanol–water partition coefficient (Wildman–Crippen LogP) is 3.13. The van der Waals surface area contributed by atoms with E-state index in [0.29, 0.717) is 24.2 Å². The summed E-state index contributed by atoms with van der Waals surface area (Å²) in [5, 5.41) is 2.80. The average molecular weight is 370 g/mol. The van der Waals surface area contributed by atoms with Gasteiger partial charge in [-0.05, 0) is 43.2 Å². The van der Waals surface area contributed by atoms with E-state index in [1.54, 1.807) is 36.4 Å². The Morgan fingerprint density at radius 1 is 1.04 bits per heavy atom. The van der Waals surface area contributed by atoms with E-state index < -0.39 is 0 Å². The van der Waals surface area contributed by atoms with Gasteiger partial charge in [-0.2, -0.15) is 0 Å². The summed E-state index contributed by atoms with van der Waals surface area (Å²) in [7, 11) is 0. The molecule has 0 heterocycles. The number of hydrogen-bond donors (Lipinski definition) is 1. The van der Waals surface area contributed by atoms with Gasteiger partial charge in [0.05, 0.1) is 0 Å². The lowest BCUT2D eigenvalue weighted by Gasteiger charge is -2.21. The molecule has 0 aromatic heterocycles. The van der Waals surface area contributed by atoms with Crippen LogP contribution in [-0.2, 0) is 16.0 Å². The number of benzene rings is 2. The molecular formula is C21H23FN2O3. The van der Waals surface area contributed by atoms with Gasteiger partial charge in [0.15, 0.2) is 5.78 Å². The number of carbonyl (C=O) groups excluding carboxylic acids is 3. The van der Waals surface area contributed by atoms with Crippen molar-refractivity contribution in [2.45, 2.75) is 26.7 Å². The van der Waals surface area contributed by atoms with Gasteiger partial charge in [-0.15, -0.1) is 0 Å². The fraction of sp³-hybridized carbons (Fsp3) is 0.286. The normalized spacial score (nSPS) is 10.3. The summed E-state index contributed by atoms with van der Waals surface area (Å²) >= 11 is 0. The molecule has 0 aliphatic carbocycles. The van der Waals surface area contributed by atoms with E-state index in [0.717, 1.165) is 5.56 Å². The minimum absolute atomic E-state index is 0.0844. The molecule has 0 fully saturated rings. The number of carbonyl (C=O) groups is 3. The number of nitrogens with one attached hydrogen (secondary N) is 1. The Balaban J connectivity index is 1.87. The highest BCUT2D eigenvalue weighted by Gasteiger charge is 2.14. The molecule has 0 bridgehead atoms. The van der Waals surface area contributed by atoms with Crippen molar-refractivity contribution in [2.24, 2.45) is 0 Å². The van der Waals surface area contributed by atoms with Gasteiger partial charge < -0.3 is 10.2 Å². The second-order valence-corrected chi connectivity index (χ2v) is 6.25. The van der Waals surface area contributed by atoms with Crippen LogP contribution in [0.25, 0.3) is 0 Å². The largest absolute Gasteiger partial charge is 0.356 e. The van der Waals surface area contributed by atoms with Crippen LogP contribution in [0.2, 0.25) is 0 Å². The van der Waals surface area contributed by atoms with Crippen LogP contribution in [0.1, 0.15) is 36.2 Å². The molecule has 0 unspecified atom stereocenters. The van der Waals surface area contributed by atoms with E-state index in [4.69, 9.17) is 0 Å². The Hall–Kier alpha value is -3.02. The predicted molar refractivity (Wildman–Crippen MR) is 102 cm³/mol. The molecule has 2 amide bonds. The van der Waals surface area contributed by atoms with Crippen molar-refractivity contribution in [2.75, 3.05) is 18.0 Å². The summed E-state index contributed by atoms with van der Waals surface area (Å²) in [4.78, 5) is 37.0. The van der Waals surface area contributed by atoms with Crippen molar-refractivity contribution in [1.29, 1.82) is 0 Å². The number of nitrogens with zero attached hydrogens (tertiary/aromatic N) is 1. The zero-order valence-electron chi connectivity index (χ0n) is 15.5. The lowest BCUT2D eigenvalue weighted by Crippen LogP contribution is -2.34. The summed E-state index contributed by atoms with van der Waals surface area (Å²) in [5.74, 6) is -0.749. The first-order chi connectivity index (χ1) is 12.9. The van der Waals surface area contributed by atoms with Gasteiger partial charge in [0.2, 0.25) is 11.8 Å². The lowest BCUT2D eigenvalue weighted by atomic mass is 10.1. The molecule has 1 N–H and O–H groups in total. The molecular weight excluding hydrogens is 347 g/mol. The SMILES string of the molecule is CC(=O)c1cccc(N(CCC(=O)NCCc2ccc(F)cc2)C(C)=O)c1. The van der Waals surface area contributed by atoms with Gasteiger partial charge in [0.25, 0.3) is 0 Å². The highest BCUT2D eigenvalue weighted by molar-refractivity contribution is 5.97. The molecule has 2 rings (SSSR count). The second kappa shape index (κ2) is 9.62. The van der Waals surface area contributed by atoms with E-state index in [1.807, 2.05) is 0 Å². The fourth-order valence-electron chi connectivity index (χ4n) is 2.66. The highest BCUT2D eigenvalue weighted by Crippen LogP contribution is 2.17. The van der Waals surface area contributed by atoms with E-state index in [9.17, 15) is 18.8 Å². The number of hydrogen-bond acceptors (Lipinski definition) is 3. The summed E-state index contributed by atoms with van der Waals surface area (Å²) < 4.78 is 12.9. The smallest absolute Gasteiger partial charge is 0.223 e. The van der Waals surface area contributed by atoms with Crippen molar-refractivity contribution in [3.63, 3.8) is 0 Å². The third-order valence-corrected chi connectivity index (χ3v) is 4.16. The number of amides is 2. The van der Waals surface area contributed by atoms with Gasteiger partial charge in [0, 0.05) is 37.7 Å². The van der Waals surface area contributed by atoms with Crippen molar-refractivity contribution in [3.05, 3.63) is 65.5 Å². The Kier molecular flexibility index (Phi) is 7.23.